The van der Waals surface area contributed by atoms with E-state index in [0.717, 1.165) is 31.0 Å². The molecule has 0 aromatic heterocycles. The van der Waals surface area contributed by atoms with Crippen molar-refractivity contribution in [1.82, 2.24) is 4.90 Å². The van der Waals surface area contributed by atoms with Crippen LogP contribution in [0.1, 0.15) is 26.7 Å². The first kappa shape index (κ1) is 12.5. The van der Waals surface area contributed by atoms with Crippen molar-refractivity contribution in [2.45, 2.75) is 32.7 Å². The smallest absolute Gasteiger partial charge is 0.0630 e. The maximum atomic E-state index is 5.46. The van der Waals surface area contributed by atoms with Gasteiger partial charge in [-0.1, -0.05) is 29.8 Å². The number of halogens is 1. The van der Waals surface area contributed by atoms with Crippen LogP contribution >= 0.6 is 15.9 Å². The van der Waals surface area contributed by atoms with E-state index >= 15 is 0 Å². The highest BCUT2D eigenvalue weighted by atomic mass is 79.9. The van der Waals surface area contributed by atoms with Gasteiger partial charge in [0.25, 0.3) is 0 Å². The predicted molar refractivity (Wildman–Crippen MR) is 64.0 cm³/mol. The van der Waals surface area contributed by atoms with Gasteiger partial charge < -0.3 is 4.74 Å². The summed E-state index contributed by atoms with van der Waals surface area (Å²) in [4.78, 5) is 2.56. The van der Waals surface area contributed by atoms with Crippen LogP contribution in [0.2, 0.25) is 0 Å². The number of morpholine rings is 1. The van der Waals surface area contributed by atoms with Gasteiger partial charge in [0, 0.05) is 17.9 Å². The van der Waals surface area contributed by atoms with Crippen molar-refractivity contribution in [2.24, 2.45) is 5.92 Å². The molecule has 0 radical (unpaired) electrons. The van der Waals surface area contributed by atoms with Crippen LogP contribution in [0.15, 0.2) is 0 Å². The molecule has 2 nitrogen and oxygen atoms in total. The predicted octanol–water partition coefficient (Wildman–Crippen LogP) is 2.52. The lowest BCUT2D eigenvalue weighted by Crippen LogP contribution is -2.46. The molecule has 0 bridgehead atoms. The Morgan fingerprint density at radius 3 is 2.93 bits per heavy atom. The molecule has 0 amide bonds. The highest BCUT2D eigenvalue weighted by Crippen LogP contribution is 2.12. The molecule has 0 aliphatic carbocycles. The molecule has 1 saturated heterocycles. The fourth-order valence-corrected chi connectivity index (χ4v) is 2.42. The van der Waals surface area contributed by atoms with Gasteiger partial charge in [0.2, 0.25) is 0 Å². The van der Waals surface area contributed by atoms with Crippen LogP contribution in [0.5, 0.6) is 0 Å². The third kappa shape index (κ3) is 4.28. The Kier molecular flexibility index (Phi) is 6.06. The molecule has 0 aromatic carbocycles. The van der Waals surface area contributed by atoms with Gasteiger partial charge in [0.05, 0.1) is 13.2 Å². The quantitative estimate of drug-likeness (QED) is 0.707. The van der Waals surface area contributed by atoms with Crippen molar-refractivity contribution in [2.75, 3.05) is 31.6 Å². The molecule has 0 aromatic rings. The number of rotatable bonds is 5. The third-order valence-electron chi connectivity index (χ3n) is 2.75. The van der Waals surface area contributed by atoms with Crippen LogP contribution < -0.4 is 0 Å². The minimum atomic E-state index is 0.593. The zero-order valence-electron chi connectivity index (χ0n) is 9.34. The molecular formula is C11H22BrNO. The monoisotopic (exact) mass is 263 g/mol. The van der Waals surface area contributed by atoms with Gasteiger partial charge in [-0.3, -0.25) is 4.90 Å². The topological polar surface area (TPSA) is 12.5 Å². The minimum absolute atomic E-state index is 0.593. The summed E-state index contributed by atoms with van der Waals surface area (Å²) in [7, 11) is 0. The number of ether oxygens (including phenoxy) is 1. The summed E-state index contributed by atoms with van der Waals surface area (Å²) in [6.07, 6.45) is 2.66. The summed E-state index contributed by atoms with van der Waals surface area (Å²) < 4.78 is 5.46. The molecule has 0 N–H and O–H groups in total. The molecule has 1 aliphatic heterocycles. The molecule has 1 fully saturated rings. The molecule has 1 rings (SSSR count). The average molecular weight is 264 g/mol. The van der Waals surface area contributed by atoms with Crippen molar-refractivity contribution >= 4 is 15.9 Å². The fraction of sp³-hybridized carbons (Fsp3) is 1.00. The number of nitrogens with zero attached hydrogens (tertiary/aromatic N) is 1. The van der Waals surface area contributed by atoms with E-state index in [2.05, 4.69) is 34.7 Å². The molecule has 1 unspecified atom stereocenters. The van der Waals surface area contributed by atoms with Crippen LogP contribution in [0, 0.1) is 5.92 Å². The van der Waals surface area contributed by atoms with E-state index in [0.29, 0.717) is 6.04 Å². The Balaban J connectivity index is 2.19. The average Bonchev–Trinajstić information content (AvgIpc) is 2.18. The second kappa shape index (κ2) is 6.81. The van der Waals surface area contributed by atoms with E-state index in [4.69, 9.17) is 4.74 Å². The molecule has 14 heavy (non-hydrogen) atoms. The zero-order valence-corrected chi connectivity index (χ0v) is 10.9. The zero-order chi connectivity index (χ0) is 10.4. The molecule has 1 atom stereocenters. The normalized spacial score (nSPS) is 24.4. The van der Waals surface area contributed by atoms with Gasteiger partial charge in [-0.15, -0.1) is 0 Å². The third-order valence-corrected chi connectivity index (χ3v) is 3.50. The lowest BCUT2D eigenvalue weighted by atomic mass is 10.1. The van der Waals surface area contributed by atoms with Crippen molar-refractivity contribution in [1.29, 1.82) is 0 Å². The molecular weight excluding hydrogens is 242 g/mol. The largest absolute Gasteiger partial charge is 0.378 e. The first-order valence-corrected chi connectivity index (χ1v) is 6.74. The Bertz CT molecular complexity index is 152. The summed E-state index contributed by atoms with van der Waals surface area (Å²) >= 11 is 3.55. The molecule has 0 spiro atoms. The van der Waals surface area contributed by atoms with Gasteiger partial charge in [0.1, 0.15) is 0 Å². The van der Waals surface area contributed by atoms with Gasteiger partial charge >= 0.3 is 0 Å². The first-order valence-electron chi connectivity index (χ1n) is 5.61. The number of hydrogen-bond acceptors (Lipinski definition) is 2. The van der Waals surface area contributed by atoms with Crippen LogP contribution in [-0.4, -0.2) is 42.6 Å². The van der Waals surface area contributed by atoms with Crippen LogP contribution in [0.4, 0.5) is 0 Å². The van der Waals surface area contributed by atoms with E-state index in [1.807, 2.05) is 0 Å². The van der Waals surface area contributed by atoms with E-state index < -0.39 is 0 Å². The summed E-state index contributed by atoms with van der Waals surface area (Å²) in [5.41, 5.74) is 0. The lowest BCUT2D eigenvalue weighted by Gasteiger charge is -2.34. The summed E-state index contributed by atoms with van der Waals surface area (Å²) in [5.74, 6) is 0.832. The highest BCUT2D eigenvalue weighted by Gasteiger charge is 2.20. The Hall–Kier alpha value is 0.400. The summed E-state index contributed by atoms with van der Waals surface area (Å²) in [6.45, 7) is 8.73. The SMILES string of the molecule is CC(C)CCCN1CCOCC1CBr. The van der Waals surface area contributed by atoms with E-state index in [1.165, 1.54) is 19.4 Å². The molecule has 84 valence electrons. The summed E-state index contributed by atoms with van der Waals surface area (Å²) in [5, 5.41) is 1.04. The van der Waals surface area contributed by atoms with Crippen LogP contribution in [0.3, 0.4) is 0 Å². The Labute approximate surface area is 96.1 Å². The number of alkyl halides is 1. The second-order valence-corrected chi connectivity index (χ2v) is 5.10. The molecule has 1 aliphatic rings. The van der Waals surface area contributed by atoms with E-state index in [-0.39, 0.29) is 0 Å². The van der Waals surface area contributed by atoms with Crippen molar-refractivity contribution < 1.29 is 4.74 Å². The fourth-order valence-electron chi connectivity index (χ4n) is 1.83. The second-order valence-electron chi connectivity index (χ2n) is 4.46. The minimum Gasteiger partial charge on any atom is -0.378 e. The van der Waals surface area contributed by atoms with Gasteiger partial charge in [-0.2, -0.15) is 0 Å². The van der Waals surface area contributed by atoms with Crippen molar-refractivity contribution in [3.8, 4) is 0 Å². The van der Waals surface area contributed by atoms with E-state index in [9.17, 15) is 0 Å². The maximum Gasteiger partial charge on any atom is 0.0630 e. The first-order chi connectivity index (χ1) is 6.74. The highest BCUT2D eigenvalue weighted by molar-refractivity contribution is 9.09. The maximum absolute atomic E-state index is 5.46. The Morgan fingerprint density at radius 1 is 1.50 bits per heavy atom. The molecule has 0 saturated carbocycles. The molecule has 3 heteroatoms. The summed E-state index contributed by atoms with van der Waals surface area (Å²) in [6, 6.07) is 0.593. The molecule has 1 heterocycles. The Morgan fingerprint density at radius 2 is 2.29 bits per heavy atom. The van der Waals surface area contributed by atoms with Gasteiger partial charge in [-0.05, 0) is 25.3 Å². The van der Waals surface area contributed by atoms with Gasteiger partial charge in [0.15, 0.2) is 0 Å². The van der Waals surface area contributed by atoms with Crippen LogP contribution in [-0.2, 0) is 4.74 Å². The van der Waals surface area contributed by atoms with Crippen LogP contribution in [0.25, 0.3) is 0 Å². The van der Waals surface area contributed by atoms with E-state index in [1.54, 1.807) is 0 Å². The lowest BCUT2D eigenvalue weighted by molar-refractivity contribution is 0.00103. The van der Waals surface area contributed by atoms with Crippen molar-refractivity contribution in [3.63, 3.8) is 0 Å². The van der Waals surface area contributed by atoms with Gasteiger partial charge in [-0.25, -0.2) is 0 Å². The number of hydrogen-bond donors (Lipinski definition) is 0. The van der Waals surface area contributed by atoms with Crippen molar-refractivity contribution in [3.05, 3.63) is 0 Å². The standard InChI is InChI=1S/C11H22BrNO/c1-10(2)4-3-5-13-6-7-14-9-11(13)8-12/h10-11H,3-9H2,1-2H3.